The number of anilines is 1. The van der Waals surface area contributed by atoms with Crippen molar-refractivity contribution in [1.82, 2.24) is 0 Å². The van der Waals surface area contributed by atoms with Crippen molar-refractivity contribution in [2.75, 3.05) is 5.32 Å². The summed E-state index contributed by atoms with van der Waals surface area (Å²) in [4.78, 5) is 4.18. The third-order valence-electron chi connectivity index (χ3n) is 2.27. The fourth-order valence-corrected chi connectivity index (χ4v) is 1.99. The van der Waals surface area contributed by atoms with Gasteiger partial charge in [-0.25, -0.2) is 4.99 Å². The van der Waals surface area contributed by atoms with E-state index >= 15 is 0 Å². The van der Waals surface area contributed by atoms with E-state index in [0.29, 0.717) is 20.8 Å². The monoisotopic (exact) mass is 313 g/mol. The van der Waals surface area contributed by atoms with Gasteiger partial charge in [-0.2, -0.15) is 0 Å². The number of rotatable bonds is 2. The van der Waals surface area contributed by atoms with Crippen molar-refractivity contribution < 1.29 is 0 Å². The predicted octanol–water partition coefficient (Wildman–Crippen LogP) is 4.71. The van der Waals surface area contributed by atoms with Crippen LogP contribution in [0, 0.1) is 0 Å². The number of nitrogens with one attached hydrogen (secondary N) is 1. The molecule has 0 spiro atoms. The molecule has 6 heteroatoms. The molecule has 0 atom stereocenters. The van der Waals surface area contributed by atoms with Crippen LogP contribution < -0.4 is 11.1 Å². The highest BCUT2D eigenvalue weighted by Gasteiger charge is 2.01. The second-order valence-electron chi connectivity index (χ2n) is 3.72. The first-order valence-electron chi connectivity index (χ1n) is 5.36. The fraction of sp³-hybridized carbons (Fsp3) is 0. The van der Waals surface area contributed by atoms with E-state index in [1.807, 2.05) is 0 Å². The van der Waals surface area contributed by atoms with Crippen molar-refractivity contribution in [2.45, 2.75) is 0 Å². The minimum atomic E-state index is 0.228. The molecule has 2 aromatic rings. The molecule has 98 valence electrons. The van der Waals surface area contributed by atoms with Gasteiger partial charge in [0.05, 0.1) is 10.7 Å². The standard InChI is InChI=1S/C13H10Cl3N3/c14-8-1-4-10(5-2-8)18-13(17)19-12-6-3-9(15)7-11(12)16/h1-7H,(H3,17,18,19). The van der Waals surface area contributed by atoms with Crippen LogP contribution in [0.2, 0.25) is 15.1 Å². The molecular weight excluding hydrogens is 305 g/mol. The van der Waals surface area contributed by atoms with Crippen LogP contribution in [0.1, 0.15) is 0 Å². The van der Waals surface area contributed by atoms with Crippen LogP contribution in [0.3, 0.4) is 0 Å². The van der Waals surface area contributed by atoms with Gasteiger partial charge in [-0.1, -0.05) is 34.8 Å². The van der Waals surface area contributed by atoms with Crippen molar-refractivity contribution in [1.29, 1.82) is 0 Å². The second kappa shape index (κ2) is 6.15. The molecule has 0 bridgehead atoms. The van der Waals surface area contributed by atoms with Gasteiger partial charge in [0.15, 0.2) is 5.96 Å². The molecule has 0 amide bonds. The van der Waals surface area contributed by atoms with Crippen LogP contribution >= 0.6 is 34.8 Å². The molecule has 0 fully saturated rings. The average molecular weight is 315 g/mol. The Kier molecular flexibility index (Phi) is 4.53. The van der Waals surface area contributed by atoms with Crippen molar-refractivity contribution in [3.05, 3.63) is 57.5 Å². The van der Waals surface area contributed by atoms with Crippen molar-refractivity contribution >= 4 is 52.1 Å². The number of nitrogens with zero attached hydrogens (tertiary/aromatic N) is 1. The van der Waals surface area contributed by atoms with Crippen LogP contribution in [-0.2, 0) is 0 Å². The zero-order valence-electron chi connectivity index (χ0n) is 9.70. The minimum Gasteiger partial charge on any atom is -0.369 e. The van der Waals surface area contributed by atoms with Gasteiger partial charge in [-0.05, 0) is 42.5 Å². The molecule has 0 unspecified atom stereocenters. The predicted molar refractivity (Wildman–Crippen MR) is 82.8 cm³/mol. The molecule has 0 saturated heterocycles. The lowest BCUT2D eigenvalue weighted by atomic mass is 10.3. The summed E-state index contributed by atoms with van der Waals surface area (Å²) >= 11 is 17.6. The number of hydrogen-bond acceptors (Lipinski definition) is 1. The molecule has 3 nitrogen and oxygen atoms in total. The Labute approximate surface area is 126 Å². The molecule has 0 aliphatic heterocycles. The molecule has 0 heterocycles. The van der Waals surface area contributed by atoms with E-state index < -0.39 is 0 Å². The van der Waals surface area contributed by atoms with E-state index in [0.717, 1.165) is 5.69 Å². The Morgan fingerprint density at radius 2 is 1.58 bits per heavy atom. The highest BCUT2D eigenvalue weighted by molar-refractivity contribution is 6.36. The normalized spacial score (nSPS) is 11.4. The Morgan fingerprint density at radius 1 is 0.947 bits per heavy atom. The van der Waals surface area contributed by atoms with Crippen LogP contribution in [-0.4, -0.2) is 5.96 Å². The summed E-state index contributed by atoms with van der Waals surface area (Å²) in [5.41, 5.74) is 7.13. The molecule has 0 aliphatic rings. The van der Waals surface area contributed by atoms with Gasteiger partial charge in [0.2, 0.25) is 0 Å². The molecular formula is C13H10Cl3N3. The highest BCUT2D eigenvalue weighted by atomic mass is 35.5. The quantitative estimate of drug-likeness (QED) is 0.623. The lowest BCUT2D eigenvalue weighted by Crippen LogP contribution is -2.21. The minimum absolute atomic E-state index is 0.228. The zero-order valence-corrected chi connectivity index (χ0v) is 12.0. The maximum Gasteiger partial charge on any atom is 0.198 e. The van der Waals surface area contributed by atoms with Gasteiger partial charge >= 0.3 is 0 Å². The third kappa shape index (κ3) is 4.03. The Balaban J connectivity index is 2.16. The highest BCUT2D eigenvalue weighted by Crippen LogP contribution is 2.27. The Bertz CT molecular complexity index is 609. The Morgan fingerprint density at radius 3 is 2.21 bits per heavy atom. The van der Waals surface area contributed by atoms with Gasteiger partial charge in [-0.3, -0.25) is 0 Å². The largest absolute Gasteiger partial charge is 0.369 e. The smallest absolute Gasteiger partial charge is 0.198 e. The molecule has 2 aromatic carbocycles. The maximum atomic E-state index is 6.01. The van der Waals surface area contributed by atoms with Crippen molar-refractivity contribution in [2.24, 2.45) is 10.7 Å². The summed E-state index contributed by atoms with van der Waals surface area (Å²) in [6.45, 7) is 0. The summed E-state index contributed by atoms with van der Waals surface area (Å²) in [6.07, 6.45) is 0. The van der Waals surface area contributed by atoms with Crippen molar-refractivity contribution in [3.63, 3.8) is 0 Å². The molecule has 19 heavy (non-hydrogen) atoms. The molecule has 0 aromatic heterocycles. The lowest BCUT2D eigenvalue weighted by Gasteiger charge is -2.06. The summed E-state index contributed by atoms with van der Waals surface area (Å²) in [6, 6.07) is 12.1. The van der Waals surface area contributed by atoms with E-state index in [1.54, 1.807) is 42.5 Å². The van der Waals surface area contributed by atoms with Crippen molar-refractivity contribution in [3.8, 4) is 0 Å². The van der Waals surface area contributed by atoms with Gasteiger partial charge < -0.3 is 11.1 Å². The molecule has 0 radical (unpaired) electrons. The number of halogens is 3. The van der Waals surface area contributed by atoms with E-state index in [4.69, 9.17) is 40.5 Å². The second-order valence-corrected chi connectivity index (χ2v) is 5.00. The van der Waals surface area contributed by atoms with Crippen LogP contribution in [0.25, 0.3) is 0 Å². The van der Waals surface area contributed by atoms with Crippen LogP contribution in [0.15, 0.2) is 47.5 Å². The van der Waals surface area contributed by atoms with E-state index in [9.17, 15) is 0 Å². The molecule has 0 saturated carbocycles. The average Bonchev–Trinajstić information content (AvgIpc) is 2.36. The zero-order chi connectivity index (χ0) is 13.8. The van der Waals surface area contributed by atoms with Crippen LogP contribution in [0.4, 0.5) is 11.4 Å². The molecule has 2 rings (SSSR count). The number of hydrogen-bond donors (Lipinski definition) is 2. The van der Waals surface area contributed by atoms with E-state index in [2.05, 4.69) is 10.3 Å². The Hall–Kier alpha value is -1.42. The van der Waals surface area contributed by atoms with E-state index in [1.165, 1.54) is 0 Å². The number of guanidine groups is 1. The van der Waals surface area contributed by atoms with Gasteiger partial charge in [0.1, 0.15) is 0 Å². The third-order valence-corrected chi connectivity index (χ3v) is 3.06. The molecule has 0 aliphatic carbocycles. The van der Waals surface area contributed by atoms with Gasteiger partial charge in [-0.15, -0.1) is 0 Å². The number of benzene rings is 2. The lowest BCUT2D eigenvalue weighted by molar-refractivity contribution is 1.44. The summed E-state index contributed by atoms with van der Waals surface area (Å²) in [7, 11) is 0. The van der Waals surface area contributed by atoms with Gasteiger partial charge in [0, 0.05) is 15.7 Å². The first kappa shape index (κ1) is 14.0. The maximum absolute atomic E-state index is 6.01. The molecule has 3 N–H and O–H groups in total. The number of nitrogens with two attached hydrogens (primary N) is 1. The summed E-state index contributed by atoms with van der Waals surface area (Å²) < 4.78 is 0. The van der Waals surface area contributed by atoms with E-state index in [-0.39, 0.29) is 5.96 Å². The first-order valence-corrected chi connectivity index (χ1v) is 6.50. The summed E-state index contributed by atoms with van der Waals surface area (Å²) in [5.74, 6) is 0.228. The first-order chi connectivity index (χ1) is 9.04. The topological polar surface area (TPSA) is 50.4 Å². The fourth-order valence-electron chi connectivity index (χ4n) is 1.41. The van der Waals surface area contributed by atoms with Crippen LogP contribution in [0.5, 0.6) is 0 Å². The summed E-state index contributed by atoms with van der Waals surface area (Å²) in [5, 5.41) is 4.58. The number of aliphatic imine (C=N–C) groups is 1. The SMILES string of the molecule is NC(=Nc1ccc(Cl)cc1Cl)Nc1ccc(Cl)cc1. The van der Waals surface area contributed by atoms with Gasteiger partial charge in [0.25, 0.3) is 0 Å².